The maximum absolute atomic E-state index is 11.8. The number of methoxy groups -OCH3 is 1. The molecule has 0 unspecified atom stereocenters. The number of ether oxygens (including phenoxy) is 1. The summed E-state index contributed by atoms with van der Waals surface area (Å²) in [5, 5.41) is 8.52. The van der Waals surface area contributed by atoms with Gasteiger partial charge in [-0.2, -0.15) is 17.4 Å². The van der Waals surface area contributed by atoms with Crippen molar-refractivity contribution in [3.8, 4) is 5.88 Å². The summed E-state index contributed by atoms with van der Waals surface area (Å²) in [5.41, 5.74) is 0.668. The van der Waals surface area contributed by atoms with E-state index in [4.69, 9.17) is 9.84 Å². The molecule has 0 amide bonds. The van der Waals surface area contributed by atoms with Crippen molar-refractivity contribution < 1.29 is 23.1 Å². The molecule has 0 aliphatic carbocycles. The van der Waals surface area contributed by atoms with Crippen LogP contribution in [0.25, 0.3) is 0 Å². The number of carboxylic acids is 1. The molecule has 0 saturated carbocycles. The van der Waals surface area contributed by atoms with Crippen LogP contribution in [-0.4, -0.2) is 49.5 Å². The van der Waals surface area contributed by atoms with E-state index >= 15 is 0 Å². The van der Waals surface area contributed by atoms with Crippen molar-refractivity contribution in [2.24, 2.45) is 0 Å². The molecule has 0 radical (unpaired) electrons. The first kappa shape index (κ1) is 16.3. The zero-order valence-corrected chi connectivity index (χ0v) is 12.1. The molecule has 112 valence electrons. The third-order valence-corrected chi connectivity index (χ3v) is 4.03. The van der Waals surface area contributed by atoms with Gasteiger partial charge >= 0.3 is 5.97 Å². The minimum absolute atomic E-state index is 0.0662. The molecule has 0 atom stereocenters. The van der Waals surface area contributed by atoms with Gasteiger partial charge in [0.05, 0.1) is 13.5 Å². The highest BCUT2D eigenvalue weighted by Gasteiger charge is 2.17. The molecule has 0 aliphatic rings. The maximum Gasteiger partial charge on any atom is 0.304 e. The standard InChI is InChI=1S/C11H17N3O5S/c1-14(6-5-11(15)16)20(17,18)13-8-9-3-4-10(19-2)12-7-9/h3-4,7,13H,5-6,8H2,1-2H3,(H,15,16). The van der Waals surface area contributed by atoms with Gasteiger partial charge in [-0.05, 0) is 5.56 Å². The number of aromatic nitrogens is 1. The van der Waals surface area contributed by atoms with Crippen molar-refractivity contribution in [1.82, 2.24) is 14.0 Å². The molecule has 0 aliphatic heterocycles. The fourth-order valence-corrected chi connectivity index (χ4v) is 2.20. The van der Waals surface area contributed by atoms with Gasteiger partial charge in [0.1, 0.15) is 0 Å². The number of nitrogens with zero attached hydrogens (tertiary/aromatic N) is 2. The quantitative estimate of drug-likeness (QED) is 0.690. The first-order chi connectivity index (χ1) is 9.35. The largest absolute Gasteiger partial charge is 0.481 e. The van der Waals surface area contributed by atoms with Crippen molar-refractivity contribution in [3.05, 3.63) is 23.9 Å². The average molecular weight is 303 g/mol. The summed E-state index contributed by atoms with van der Waals surface area (Å²) in [6, 6.07) is 3.31. The third-order valence-electron chi connectivity index (χ3n) is 2.52. The van der Waals surface area contributed by atoms with E-state index in [0.717, 1.165) is 4.31 Å². The van der Waals surface area contributed by atoms with Gasteiger partial charge in [0.15, 0.2) is 0 Å². The lowest BCUT2D eigenvalue weighted by Gasteiger charge is -2.16. The summed E-state index contributed by atoms with van der Waals surface area (Å²) in [6.07, 6.45) is 1.25. The van der Waals surface area contributed by atoms with Crippen molar-refractivity contribution in [1.29, 1.82) is 0 Å². The number of aliphatic carboxylic acids is 1. The van der Waals surface area contributed by atoms with Crippen LogP contribution >= 0.6 is 0 Å². The first-order valence-corrected chi connectivity index (χ1v) is 7.21. The Morgan fingerprint density at radius 3 is 2.70 bits per heavy atom. The summed E-state index contributed by atoms with van der Waals surface area (Å²) in [5.74, 6) is -0.610. The van der Waals surface area contributed by atoms with Crippen molar-refractivity contribution in [2.45, 2.75) is 13.0 Å². The normalized spacial score (nSPS) is 11.6. The minimum Gasteiger partial charge on any atom is -0.481 e. The molecule has 1 rings (SSSR count). The molecule has 1 heterocycles. The SMILES string of the molecule is COc1ccc(CNS(=O)(=O)N(C)CCC(=O)O)cn1. The monoisotopic (exact) mass is 303 g/mol. The molecular formula is C11H17N3O5S. The predicted octanol–water partition coefficient (Wildman–Crippen LogP) is -0.169. The van der Waals surface area contributed by atoms with Gasteiger partial charge < -0.3 is 9.84 Å². The summed E-state index contributed by atoms with van der Waals surface area (Å²) < 4.78 is 31.8. The smallest absolute Gasteiger partial charge is 0.304 e. The molecule has 2 N–H and O–H groups in total. The van der Waals surface area contributed by atoms with Crippen molar-refractivity contribution >= 4 is 16.2 Å². The molecule has 1 aromatic rings. The molecule has 0 saturated heterocycles. The lowest BCUT2D eigenvalue weighted by Crippen LogP contribution is -2.38. The Labute approximate surface area is 117 Å². The highest BCUT2D eigenvalue weighted by molar-refractivity contribution is 7.87. The minimum atomic E-state index is -3.71. The van der Waals surface area contributed by atoms with Gasteiger partial charge in [-0.1, -0.05) is 6.07 Å². The second kappa shape index (κ2) is 7.17. The van der Waals surface area contributed by atoms with Crippen molar-refractivity contribution in [3.63, 3.8) is 0 Å². The zero-order valence-electron chi connectivity index (χ0n) is 11.2. The van der Waals surface area contributed by atoms with Gasteiger partial charge in [0.25, 0.3) is 10.2 Å². The lowest BCUT2D eigenvalue weighted by molar-refractivity contribution is -0.137. The number of hydrogen-bond donors (Lipinski definition) is 2. The van der Waals surface area contributed by atoms with Crippen LogP contribution in [0, 0.1) is 0 Å². The van der Waals surface area contributed by atoms with E-state index < -0.39 is 16.2 Å². The number of pyridine rings is 1. The van der Waals surface area contributed by atoms with Gasteiger partial charge in [-0.15, -0.1) is 0 Å². The molecule has 0 fully saturated rings. The van der Waals surface area contributed by atoms with Gasteiger partial charge in [0.2, 0.25) is 5.88 Å². The van der Waals surface area contributed by atoms with Crippen LogP contribution in [0.15, 0.2) is 18.3 Å². The van der Waals surface area contributed by atoms with Gasteiger partial charge in [-0.25, -0.2) is 4.98 Å². The van der Waals surface area contributed by atoms with E-state index in [1.165, 1.54) is 20.4 Å². The fraction of sp³-hybridized carbons (Fsp3) is 0.455. The molecule has 8 nitrogen and oxygen atoms in total. The van der Waals surface area contributed by atoms with E-state index in [9.17, 15) is 13.2 Å². The summed E-state index contributed by atoms with van der Waals surface area (Å²) in [7, 11) is -0.904. The molecule has 9 heteroatoms. The Kier molecular flexibility index (Phi) is 5.86. The summed E-state index contributed by atoms with van der Waals surface area (Å²) >= 11 is 0. The maximum atomic E-state index is 11.8. The highest BCUT2D eigenvalue weighted by Crippen LogP contribution is 2.07. The lowest BCUT2D eigenvalue weighted by atomic mass is 10.3. The number of nitrogens with one attached hydrogen (secondary N) is 1. The predicted molar refractivity (Wildman–Crippen MR) is 71.4 cm³/mol. The Morgan fingerprint density at radius 1 is 1.50 bits per heavy atom. The Hall–Kier alpha value is -1.71. The molecule has 0 bridgehead atoms. The van der Waals surface area contributed by atoms with Gasteiger partial charge in [-0.3, -0.25) is 4.79 Å². The highest BCUT2D eigenvalue weighted by atomic mass is 32.2. The van der Waals surface area contributed by atoms with Crippen LogP contribution in [0.3, 0.4) is 0 Å². The van der Waals surface area contributed by atoms with Crippen LogP contribution in [0.4, 0.5) is 0 Å². The molecule has 1 aromatic heterocycles. The zero-order chi connectivity index (χ0) is 15.2. The number of rotatable bonds is 8. The Balaban J connectivity index is 2.55. The van der Waals surface area contributed by atoms with Crippen LogP contribution in [0.5, 0.6) is 5.88 Å². The second-order valence-electron chi connectivity index (χ2n) is 4.00. The Morgan fingerprint density at radius 2 is 2.20 bits per heavy atom. The topological polar surface area (TPSA) is 109 Å². The molecular weight excluding hydrogens is 286 g/mol. The average Bonchev–Trinajstić information content (AvgIpc) is 2.43. The summed E-state index contributed by atoms with van der Waals surface area (Å²) in [6.45, 7) is -0.0255. The number of carbonyl (C=O) groups is 1. The molecule has 20 heavy (non-hydrogen) atoms. The van der Waals surface area contributed by atoms with E-state index in [0.29, 0.717) is 11.4 Å². The first-order valence-electron chi connectivity index (χ1n) is 5.77. The van der Waals surface area contributed by atoms with E-state index in [1.54, 1.807) is 12.1 Å². The number of hydrogen-bond acceptors (Lipinski definition) is 5. The van der Waals surface area contributed by atoms with E-state index in [-0.39, 0.29) is 19.5 Å². The second-order valence-corrected chi connectivity index (χ2v) is 5.86. The summed E-state index contributed by atoms with van der Waals surface area (Å²) in [4.78, 5) is 14.4. The van der Waals surface area contributed by atoms with E-state index in [2.05, 4.69) is 9.71 Å². The number of carboxylic acid groups (broad SMARTS) is 1. The third kappa shape index (κ3) is 5.11. The molecule has 0 aromatic carbocycles. The van der Waals surface area contributed by atoms with Gasteiger partial charge in [0, 0.05) is 32.4 Å². The van der Waals surface area contributed by atoms with Crippen LogP contribution in [0.1, 0.15) is 12.0 Å². The van der Waals surface area contributed by atoms with Crippen molar-refractivity contribution in [2.75, 3.05) is 20.7 Å². The fourth-order valence-electron chi connectivity index (χ4n) is 1.29. The van der Waals surface area contributed by atoms with Crippen LogP contribution < -0.4 is 9.46 Å². The van der Waals surface area contributed by atoms with E-state index in [1.807, 2.05) is 0 Å². The van der Waals surface area contributed by atoms with Crippen LogP contribution in [0.2, 0.25) is 0 Å². The van der Waals surface area contributed by atoms with Crippen LogP contribution in [-0.2, 0) is 21.5 Å². The molecule has 0 spiro atoms. The Bertz CT molecular complexity index is 544.